The second-order valence-corrected chi connectivity index (χ2v) is 4.48. The highest BCUT2D eigenvalue weighted by Crippen LogP contribution is 2.73. The molecule has 0 amide bonds. The molecule has 0 radical (unpaired) electrons. The Kier molecular flexibility index (Phi) is 1.49. The molecule has 1 aromatic heterocycles. The first kappa shape index (κ1) is 8.31. The van der Waals surface area contributed by atoms with E-state index >= 15 is 0 Å². The fourth-order valence-corrected chi connectivity index (χ4v) is 2.46. The van der Waals surface area contributed by atoms with Crippen LogP contribution in [0, 0.1) is 11.3 Å². The van der Waals surface area contributed by atoms with Crippen LogP contribution in [0.5, 0.6) is 0 Å². The van der Waals surface area contributed by atoms with E-state index in [4.69, 9.17) is 5.84 Å². The topological polar surface area (TPSA) is 81.7 Å². The van der Waals surface area contributed by atoms with Crippen LogP contribution in [0.2, 0.25) is 0 Å². The molecule has 1 aromatic rings. The van der Waals surface area contributed by atoms with Gasteiger partial charge in [0.15, 0.2) is 5.82 Å². The second kappa shape index (κ2) is 2.52. The molecule has 2 saturated carbocycles. The van der Waals surface area contributed by atoms with E-state index in [0.29, 0.717) is 11.3 Å². The minimum absolute atomic E-state index is 0.123. The summed E-state index contributed by atoms with van der Waals surface area (Å²) in [5, 5.41) is 11.5. The zero-order valence-electron chi connectivity index (χ0n) is 8.14. The largest absolute Gasteiger partial charge is 0.271 e. The van der Waals surface area contributed by atoms with Crippen molar-refractivity contribution in [2.75, 3.05) is 0 Å². The predicted octanol–water partition coefficient (Wildman–Crippen LogP) is -0.485. The molecular weight excluding hydrogens is 180 g/mol. The molecule has 0 aliphatic heterocycles. The summed E-state index contributed by atoms with van der Waals surface area (Å²) in [6.45, 7) is 0. The average molecular weight is 194 g/mol. The van der Waals surface area contributed by atoms with Crippen molar-refractivity contribution in [1.29, 1.82) is 0 Å². The van der Waals surface area contributed by atoms with E-state index in [1.54, 1.807) is 4.68 Å². The van der Waals surface area contributed by atoms with Crippen LogP contribution in [0.25, 0.3) is 0 Å². The molecule has 2 unspecified atom stereocenters. The summed E-state index contributed by atoms with van der Waals surface area (Å²) in [4.78, 5) is 0. The molecule has 2 aliphatic carbocycles. The lowest BCUT2D eigenvalue weighted by Crippen LogP contribution is -2.32. The Morgan fingerprint density at radius 2 is 2.43 bits per heavy atom. The van der Waals surface area contributed by atoms with Gasteiger partial charge in [0.1, 0.15) is 0 Å². The predicted molar refractivity (Wildman–Crippen MR) is 48.6 cm³/mol. The smallest absolute Gasteiger partial charge is 0.169 e. The summed E-state index contributed by atoms with van der Waals surface area (Å²) in [5.74, 6) is 7.05. The van der Waals surface area contributed by atoms with E-state index in [2.05, 4.69) is 21.0 Å². The summed E-state index contributed by atoms with van der Waals surface area (Å²) in [6, 6.07) is 0.123. The van der Waals surface area contributed by atoms with Gasteiger partial charge in [-0.25, -0.2) is 10.1 Å². The van der Waals surface area contributed by atoms with Crippen molar-refractivity contribution in [3.63, 3.8) is 0 Å². The van der Waals surface area contributed by atoms with Gasteiger partial charge >= 0.3 is 0 Å². The Morgan fingerprint density at radius 1 is 1.64 bits per heavy atom. The molecule has 3 N–H and O–H groups in total. The Hall–Kier alpha value is -1.01. The van der Waals surface area contributed by atoms with E-state index in [0.717, 1.165) is 5.82 Å². The van der Waals surface area contributed by atoms with E-state index < -0.39 is 0 Å². The lowest BCUT2D eigenvalue weighted by Gasteiger charge is -2.13. The lowest BCUT2D eigenvalue weighted by molar-refractivity contribution is 0.425. The number of hydrogen-bond donors (Lipinski definition) is 2. The minimum atomic E-state index is 0.123. The number of hydrazine groups is 1. The van der Waals surface area contributed by atoms with Crippen molar-refractivity contribution in [3.8, 4) is 0 Å². The molecule has 6 heteroatoms. The highest BCUT2D eigenvalue weighted by Gasteiger charge is 2.65. The molecule has 6 nitrogen and oxygen atoms in total. The molecule has 2 atom stereocenters. The summed E-state index contributed by atoms with van der Waals surface area (Å²) in [5.41, 5.74) is 3.44. The van der Waals surface area contributed by atoms with Crippen molar-refractivity contribution in [2.24, 2.45) is 24.2 Å². The third kappa shape index (κ3) is 1.01. The van der Waals surface area contributed by atoms with E-state index in [1.165, 1.54) is 19.3 Å². The van der Waals surface area contributed by atoms with Crippen LogP contribution in [0.1, 0.15) is 31.1 Å². The van der Waals surface area contributed by atoms with Gasteiger partial charge in [-0.2, -0.15) is 0 Å². The number of aromatic nitrogens is 4. The van der Waals surface area contributed by atoms with E-state index in [-0.39, 0.29) is 6.04 Å². The van der Waals surface area contributed by atoms with E-state index in [9.17, 15) is 0 Å². The lowest BCUT2D eigenvalue weighted by atomic mass is 10.1. The number of rotatable bonds is 3. The maximum absolute atomic E-state index is 5.56. The first-order valence-corrected chi connectivity index (χ1v) is 4.95. The molecule has 0 bridgehead atoms. The highest BCUT2D eigenvalue weighted by atomic mass is 15.5. The zero-order chi connectivity index (χ0) is 9.76. The quantitative estimate of drug-likeness (QED) is 0.501. The van der Waals surface area contributed by atoms with Crippen LogP contribution in [-0.2, 0) is 7.05 Å². The van der Waals surface area contributed by atoms with Gasteiger partial charge in [0.05, 0.1) is 6.04 Å². The second-order valence-electron chi connectivity index (χ2n) is 4.48. The van der Waals surface area contributed by atoms with Crippen molar-refractivity contribution in [1.82, 2.24) is 25.6 Å². The SMILES string of the molecule is Cn1nnnc1C(NN)C1CC12CC2. The highest BCUT2D eigenvalue weighted by molar-refractivity contribution is 5.18. The first-order valence-electron chi connectivity index (χ1n) is 4.95. The van der Waals surface area contributed by atoms with Gasteiger partial charge < -0.3 is 0 Å². The molecule has 2 aliphatic rings. The molecule has 0 saturated heterocycles. The maximum Gasteiger partial charge on any atom is 0.169 e. The van der Waals surface area contributed by atoms with Gasteiger partial charge in [-0.3, -0.25) is 5.84 Å². The number of hydrogen-bond acceptors (Lipinski definition) is 5. The molecular formula is C8H14N6. The molecule has 76 valence electrons. The van der Waals surface area contributed by atoms with Crippen molar-refractivity contribution < 1.29 is 0 Å². The van der Waals surface area contributed by atoms with Crippen molar-refractivity contribution in [3.05, 3.63) is 5.82 Å². The number of nitrogens with zero attached hydrogens (tertiary/aromatic N) is 4. The number of nitrogens with two attached hydrogens (primary N) is 1. The summed E-state index contributed by atoms with van der Waals surface area (Å²) >= 11 is 0. The standard InChI is InChI=1S/C8H14N6/c1-14-7(11-12-13-14)6(10-9)5-4-8(5)2-3-8/h5-6,10H,2-4,9H2,1H3. The first-order chi connectivity index (χ1) is 6.77. The van der Waals surface area contributed by atoms with Gasteiger partial charge in [-0.15, -0.1) is 5.10 Å². The van der Waals surface area contributed by atoms with Crippen molar-refractivity contribution in [2.45, 2.75) is 25.3 Å². The Bertz CT molecular complexity index is 354. The van der Waals surface area contributed by atoms with Gasteiger partial charge in [0.25, 0.3) is 0 Å². The molecule has 3 rings (SSSR count). The summed E-state index contributed by atoms with van der Waals surface area (Å²) < 4.78 is 1.69. The van der Waals surface area contributed by atoms with Crippen LogP contribution in [0.3, 0.4) is 0 Å². The maximum atomic E-state index is 5.56. The number of tetrazole rings is 1. The Labute approximate surface area is 81.8 Å². The zero-order valence-corrected chi connectivity index (χ0v) is 8.14. The Balaban J connectivity index is 1.84. The molecule has 0 aromatic carbocycles. The fourth-order valence-electron chi connectivity index (χ4n) is 2.46. The van der Waals surface area contributed by atoms with Crippen molar-refractivity contribution >= 4 is 0 Å². The number of aryl methyl sites for hydroxylation is 1. The third-order valence-electron chi connectivity index (χ3n) is 3.66. The minimum Gasteiger partial charge on any atom is -0.271 e. The van der Waals surface area contributed by atoms with Gasteiger partial charge in [-0.1, -0.05) is 0 Å². The molecule has 14 heavy (non-hydrogen) atoms. The van der Waals surface area contributed by atoms with Crippen LogP contribution in [0.15, 0.2) is 0 Å². The van der Waals surface area contributed by atoms with Gasteiger partial charge in [-0.05, 0) is 41.0 Å². The molecule has 1 heterocycles. The molecule has 1 spiro atoms. The fraction of sp³-hybridized carbons (Fsp3) is 0.875. The van der Waals surface area contributed by atoms with E-state index in [1.807, 2.05) is 7.05 Å². The summed E-state index contributed by atoms with van der Waals surface area (Å²) in [6.07, 6.45) is 3.97. The molecule has 2 fully saturated rings. The monoisotopic (exact) mass is 194 g/mol. The van der Waals surface area contributed by atoms with Crippen LogP contribution in [0.4, 0.5) is 0 Å². The van der Waals surface area contributed by atoms with Crippen LogP contribution >= 0.6 is 0 Å². The normalized spacial score (nSPS) is 29.1. The van der Waals surface area contributed by atoms with Gasteiger partial charge in [0.2, 0.25) is 0 Å². The third-order valence-corrected chi connectivity index (χ3v) is 3.66. The number of nitrogens with one attached hydrogen (secondary N) is 1. The average Bonchev–Trinajstić information content (AvgIpc) is 3.05. The summed E-state index contributed by atoms with van der Waals surface area (Å²) in [7, 11) is 1.85. The van der Waals surface area contributed by atoms with Crippen LogP contribution in [-0.4, -0.2) is 20.2 Å². The van der Waals surface area contributed by atoms with Gasteiger partial charge in [0, 0.05) is 7.05 Å². The Morgan fingerprint density at radius 3 is 2.86 bits per heavy atom. The van der Waals surface area contributed by atoms with Crippen LogP contribution < -0.4 is 11.3 Å².